The summed E-state index contributed by atoms with van der Waals surface area (Å²) in [5, 5.41) is 1.64. The van der Waals surface area contributed by atoms with Crippen LogP contribution in [-0.2, 0) is 0 Å². The summed E-state index contributed by atoms with van der Waals surface area (Å²) in [6.45, 7) is 0. The minimum absolute atomic E-state index is 0.0128. The first kappa shape index (κ1) is 13.3. The summed E-state index contributed by atoms with van der Waals surface area (Å²) in [7, 11) is 0. The lowest BCUT2D eigenvalue weighted by molar-refractivity contribution is 0.0994. The zero-order chi connectivity index (χ0) is 13.9. The summed E-state index contributed by atoms with van der Waals surface area (Å²) in [5.74, 6) is 0.746. The summed E-state index contributed by atoms with van der Waals surface area (Å²) < 4.78 is 5.55. The van der Waals surface area contributed by atoms with Gasteiger partial charge in [0.15, 0.2) is 5.76 Å². The number of rotatable bonds is 4. The van der Waals surface area contributed by atoms with Crippen LogP contribution < -0.4 is 0 Å². The molecule has 0 aliphatic rings. The number of ketones is 1. The topological polar surface area (TPSA) is 30.2 Å². The number of carbonyl (C=O) groups excluding carboxylic acids is 1. The molecule has 0 aliphatic heterocycles. The predicted octanol–water partition coefficient (Wildman–Crippen LogP) is 5.06. The van der Waals surface area contributed by atoms with Crippen LogP contribution in [0.4, 0.5) is 0 Å². The number of Topliss-reactive ketones (excluding diaryl/α,β-unsaturated/α-hetero) is 1. The average molecular weight is 303 g/mol. The third-order valence-corrected chi connectivity index (χ3v) is 4.15. The molecule has 0 amide bonds. The Morgan fingerprint density at radius 2 is 1.85 bits per heavy atom. The van der Waals surface area contributed by atoms with E-state index >= 15 is 0 Å². The molecule has 2 aromatic carbocycles. The molecule has 0 aliphatic carbocycles. The SMILES string of the molecule is O=C(CSc1ccc(Cl)cc1)c1cc2ccccc2o1. The highest BCUT2D eigenvalue weighted by Crippen LogP contribution is 2.24. The molecule has 4 heteroatoms. The summed E-state index contributed by atoms with van der Waals surface area (Å²) >= 11 is 7.30. The molecular formula is C16H11ClO2S. The summed E-state index contributed by atoms with van der Waals surface area (Å²) in [4.78, 5) is 13.1. The van der Waals surface area contributed by atoms with Gasteiger partial charge in [0.25, 0.3) is 0 Å². The monoisotopic (exact) mass is 302 g/mol. The molecule has 3 aromatic rings. The van der Waals surface area contributed by atoms with Gasteiger partial charge in [-0.15, -0.1) is 11.8 Å². The van der Waals surface area contributed by atoms with E-state index in [1.165, 1.54) is 11.8 Å². The van der Waals surface area contributed by atoms with Crippen molar-refractivity contribution in [2.45, 2.75) is 4.90 Å². The summed E-state index contributed by atoms with van der Waals surface area (Å²) in [6.07, 6.45) is 0. The Balaban J connectivity index is 1.71. The number of hydrogen-bond donors (Lipinski definition) is 0. The number of halogens is 1. The second-order valence-corrected chi connectivity index (χ2v) is 5.80. The zero-order valence-corrected chi connectivity index (χ0v) is 12.1. The maximum absolute atomic E-state index is 12.1. The normalized spacial score (nSPS) is 10.8. The van der Waals surface area contributed by atoms with Crippen molar-refractivity contribution in [2.24, 2.45) is 0 Å². The van der Waals surface area contributed by atoms with Gasteiger partial charge >= 0.3 is 0 Å². The number of hydrogen-bond acceptors (Lipinski definition) is 3. The Morgan fingerprint density at radius 1 is 1.10 bits per heavy atom. The maximum atomic E-state index is 12.1. The Morgan fingerprint density at radius 3 is 2.60 bits per heavy atom. The van der Waals surface area contributed by atoms with Gasteiger partial charge in [-0.2, -0.15) is 0 Å². The standard InChI is InChI=1S/C16H11ClO2S/c17-12-5-7-13(8-6-12)20-10-14(18)16-9-11-3-1-2-4-15(11)19-16/h1-9H,10H2. The number of furan rings is 1. The van der Waals surface area contributed by atoms with E-state index in [1.807, 2.05) is 48.5 Å². The average Bonchev–Trinajstić information content (AvgIpc) is 2.90. The molecule has 1 heterocycles. The van der Waals surface area contributed by atoms with Gasteiger partial charge in [0.05, 0.1) is 5.75 Å². The molecule has 100 valence electrons. The van der Waals surface area contributed by atoms with Crippen molar-refractivity contribution in [3.63, 3.8) is 0 Å². The molecule has 0 spiro atoms. The third-order valence-electron chi connectivity index (χ3n) is 2.88. The fourth-order valence-electron chi connectivity index (χ4n) is 1.87. The van der Waals surface area contributed by atoms with E-state index < -0.39 is 0 Å². The molecule has 0 radical (unpaired) electrons. The van der Waals surface area contributed by atoms with E-state index in [0.29, 0.717) is 16.5 Å². The largest absolute Gasteiger partial charge is 0.453 e. The fourth-order valence-corrected chi connectivity index (χ4v) is 2.76. The highest BCUT2D eigenvalue weighted by Gasteiger charge is 2.12. The maximum Gasteiger partial charge on any atom is 0.208 e. The Bertz CT molecular complexity index is 714. The van der Waals surface area contributed by atoms with E-state index in [9.17, 15) is 4.79 Å². The molecule has 0 N–H and O–H groups in total. The van der Waals surface area contributed by atoms with Gasteiger partial charge in [0.2, 0.25) is 5.78 Å². The van der Waals surface area contributed by atoms with E-state index in [0.717, 1.165) is 15.9 Å². The lowest BCUT2D eigenvalue weighted by Crippen LogP contribution is -2.00. The van der Waals surface area contributed by atoms with Crippen molar-refractivity contribution in [3.05, 3.63) is 65.4 Å². The minimum atomic E-state index is -0.0128. The molecule has 0 unspecified atom stereocenters. The molecular weight excluding hydrogens is 292 g/mol. The second-order valence-electron chi connectivity index (χ2n) is 4.31. The van der Waals surface area contributed by atoms with Crippen LogP contribution in [0.25, 0.3) is 11.0 Å². The Labute approximate surface area is 125 Å². The molecule has 0 fully saturated rings. The Kier molecular flexibility index (Phi) is 3.81. The number of benzene rings is 2. The quantitative estimate of drug-likeness (QED) is 0.498. The molecule has 0 bridgehead atoms. The van der Waals surface area contributed by atoms with Gasteiger partial charge in [-0.1, -0.05) is 29.8 Å². The van der Waals surface area contributed by atoms with Crippen LogP contribution in [0.15, 0.2) is 63.9 Å². The number of thioether (sulfide) groups is 1. The number of para-hydroxylation sites is 1. The van der Waals surface area contributed by atoms with Crippen LogP contribution in [-0.4, -0.2) is 11.5 Å². The lowest BCUT2D eigenvalue weighted by Gasteiger charge is -1.99. The second kappa shape index (κ2) is 5.73. The summed E-state index contributed by atoms with van der Waals surface area (Å²) in [6, 6.07) is 16.8. The summed E-state index contributed by atoms with van der Waals surface area (Å²) in [5.41, 5.74) is 0.743. The van der Waals surface area contributed by atoms with Gasteiger partial charge < -0.3 is 4.42 Å². The van der Waals surface area contributed by atoms with Gasteiger partial charge in [-0.05, 0) is 36.4 Å². The van der Waals surface area contributed by atoms with Gasteiger partial charge in [-0.25, -0.2) is 0 Å². The van der Waals surface area contributed by atoms with Crippen molar-refractivity contribution in [1.29, 1.82) is 0 Å². The smallest absolute Gasteiger partial charge is 0.208 e. The first-order valence-corrected chi connectivity index (χ1v) is 7.49. The first-order valence-electron chi connectivity index (χ1n) is 6.12. The third kappa shape index (κ3) is 2.89. The van der Waals surface area contributed by atoms with Crippen molar-refractivity contribution in [3.8, 4) is 0 Å². The molecule has 0 saturated heterocycles. The van der Waals surface area contributed by atoms with Gasteiger partial charge in [-0.3, -0.25) is 4.79 Å². The molecule has 1 aromatic heterocycles. The van der Waals surface area contributed by atoms with Crippen LogP contribution in [0.2, 0.25) is 5.02 Å². The highest BCUT2D eigenvalue weighted by atomic mass is 35.5. The lowest BCUT2D eigenvalue weighted by atomic mass is 10.2. The fraction of sp³-hybridized carbons (Fsp3) is 0.0625. The molecule has 0 atom stereocenters. The van der Waals surface area contributed by atoms with Crippen LogP contribution >= 0.6 is 23.4 Å². The Hall–Kier alpha value is -1.71. The molecule has 2 nitrogen and oxygen atoms in total. The van der Waals surface area contributed by atoms with E-state index in [4.69, 9.17) is 16.0 Å². The van der Waals surface area contributed by atoms with E-state index in [-0.39, 0.29) is 5.78 Å². The van der Waals surface area contributed by atoms with Crippen molar-refractivity contribution in [2.75, 3.05) is 5.75 Å². The molecule has 3 rings (SSSR count). The highest BCUT2D eigenvalue weighted by molar-refractivity contribution is 8.00. The zero-order valence-electron chi connectivity index (χ0n) is 10.5. The number of carbonyl (C=O) groups is 1. The molecule has 0 saturated carbocycles. The van der Waals surface area contributed by atoms with Crippen LogP contribution in [0.1, 0.15) is 10.6 Å². The van der Waals surface area contributed by atoms with Crippen LogP contribution in [0, 0.1) is 0 Å². The predicted molar refractivity (Wildman–Crippen MR) is 82.7 cm³/mol. The van der Waals surface area contributed by atoms with E-state index in [2.05, 4.69) is 0 Å². The van der Waals surface area contributed by atoms with Crippen LogP contribution in [0.3, 0.4) is 0 Å². The molecule has 20 heavy (non-hydrogen) atoms. The van der Waals surface area contributed by atoms with Crippen molar-refractivity contribution in [1.82, 2.24) is 0 Å². The van der Waals surface area contributed by atoms with Crippen molar-refractivity contribution >= 4 is 40.1 Å². The number of fused-ring (bicyclic) bond motifs is 1. The van der Waals surface area contributed by atoms with Crippen LogP contribution in [0.5, 0.6) is 0 Å². The van der Waals surface area contributed by atoms with Crippen molar-refractivity contribution < 1.29 is 9.21 Å². The first-order chi connectivity index (χ1) is 9.72. The van der Waals surface area contributed by atoms with E-state index in [1.54, 1.807) is 6.07 Å². The minimum Gasteiger partial charge on any atom is -0.453 e. The van der Waals surface area contributed by atoms with Gasteiger partial charge in [0, 0.05) is 15.3 Å². The van der Waals surface area contributed by atoms with Gasteiger partial charge in [0.1, 0.15) is 5.58 Å².